The molecule has 1 unspecified atom stereocenters. The van der Waals surface area contributed by atoms with Gasteiger partial charge in [-0.05, 0) is 35.8 Å². The Morgan fingerprint density at radius 3 is 2.92 bits per heavy atom. The molecule has 2 aliphatic heterocycles. The first kappa shape index (κ1) is 14.3. The fourth-order valence-electron chi connectivity index (χ4n) is 3.95. The van der Waals surface area contributed by atoms with Crippen LogP contribution in [-0.2, 0) is 6.42 Å². The largest absolute Gasteiger partial charge is 0.480 e. The second-order valence-corrected chi connectivity index (χ2v) is 6.66. The standard InChI is InChI=1S/C21H17NO3/c23-20(19-10-5-11-24-19)22-13-16-7-1-3-8-17(16)21(14-22)12-15-6-2-4-9-18(15)25-21/h1-6,8-11,13H,7,12,14H2. The van der Waals surface area contributed by atoms with Gasteiger partial charge in [0.2, 0.25) is 0 Å². The molecule has 0 radical (unpaired) electrons. The number of fused-ring (bicyclic) bond motifs is 3. The van der Waals surface area contributed by atoms with Gasteiger partial charge >= 0.3 is 0 Å². The Kier molecular flexibility index (Phi) is 3.01. The first-order chi connectivity index (χ1) is 12.3. The smallest absolute Gasteiger partial charge is 0.293 e. The molecule has 3 aliphatic rings. The lowest BCUT2D eigenvalue weighted by Gasteiger charge is -2.41. The highest BCUT2D eigenvalue weighted by molar-refractivity contribution is 5.92. The molecule has 124 valence electrons. The number of amides is 1. The molecule has 1 aromatic heterocycles. The SMILES string of the molecule is O=C(c1ccco1)N1C=C2CC=CC=C2C2(Cc3ccccc3O2)C1. The molecule has 25 heavy (non-hydrogen) atoms. The van der Waals surface area contributed by atoms with Gasteiger partial charge < -0.3 is 14.1 Å². The molecular formula is C21H17NO3. The van der Waals surface area contributed by atoms with E-state index in [9.17, 15) is 4.79 Å². The Morgan fingerprint density at radius 1 is 1.16 bits per heavy atom. The van der Waals surface area contributed by atoms with Crippen molar-refractivity contribution in [3.63, 3.8) is 0 Å². The molecule has 0 bridgehead atoms. The van der Waals surface area contributed by atoms with Crippen molar-refractivity contribution in [3.8, 4) is 5.75 Å². The van der Waals surface area contributed by atoms with Gasteiger partial charge in [0.25, 0.3) is 5.91 Å². The number of nitrogens with zero attached hydrogens (tertiary/aromatic N) is 1. The van der Waals surface area contributed by atoms with Crippen LogP contribution in [0.1, 0.15) is 22.5 Å². The van der Waals surface area contributed by atoms with Gasteiger partial charge in [0, 0.05) is 18.2 Å². The highest BCUT2D eigenvalue weighted by atomic mass is 16.5. The Morgan fingerprint density at radius 2 is 2.08 bits per heavy atom. The number of furan rings is 1. The Bertz CT molecular complexity index is 909. The average Bonchev–Trinajstić information content (AvgIpc) is 3.29. The minimum absolute atomic E-state index is 0.134. The normalized spacial score (nSPS) is 23.6. The number of rotatable bonds is 1. The van der Waals surface area contributed by atoms with Crippen molar-refractivity contribution >= 4 is 5.91 Å². The first-order valence-corrected chi connectivity index (χ1v) is 8.45. The minimum atomic E-state index is -0.527. The van der Waals surface area contributed by atoms with E-state index in [-0.39, 0.29) is 5.91 Å². The van der Waals surface area contributed by atoms with Gasteiger partial charge in [0.1, 0.15) is 5.75 Å². The van der Waals surface area contributed by atoms with E-state index >= 15 is 0 Å². The monoisotopic (exact) mass is 331 g/mol. The van der Waals surface area contributed by atoms with E-state index in [2.05, 4.69) is 24.3 Å². The average molecular weight is 331 g/mol. The summed E-state index contributed by atoms with van der Waals surface area (Å²) in [5.41, 5.74) is 2.96. The maximum Gasteiger partial charge on any atom is 0.293 e. The number of carbonyl (C=O) groups is 1. The summed E-state index contributed by atoms with van der Waals surface area (Å²) in [5, 5.41) is 0. The van der Waals surface area contributed by atoms with Crippen molar-refractivity contribution in [1.29, 1.82) is 0 Å². The quantitative estimate of drug-likeness (QED) is 0.796. The van der Waals surface area contributed by atoms with Crippen LogP contribution in [0.4, 0.5) is 0 Å². The van der Waals surface area contributed by atoms with Crippen LogP contribution >= 0.6 is 0 Å². The van der Waals surface area contributed by atoms with Crippen molar-refractivity contribution in [2.45, 2.75) is 18.4 Å². The van der Waals surface area contributed by atoms with E-state index in [0.29, 0.717) is 12.3 Å². The zero-order valence-electron chi connectivity index (χ0n) is 13.6. The Balaban J connectivity index is 1.58. The molecule has 0 fully saturated rings. The zero-order valence-corrected chi connectivity index (χ0v) is 13.6. The number of para-hydroxylation sites is 1. The van der Waals surface area contributed by atoms with Gasteiger partial charge in [0.15, 0.2) is 11.4 Å². The fourth-order valence-corrected chi connectivity index (χ4v) is 3.95. The molecule has 2 aromatic rings. The second kappa shape index (κ2) is 5.24. The van der Waals surface area contributed by atoms with Crippen LogP contribution in [0.3, 0.4) is 0 Å². The summed E-state index contributed by atoms with van der Waals surface area (Å²) in [6.45, 7) is 0.477. The summed E-state index contributed by atoms with van der Waals surface area (Å²) in [4.78, 5) is 14.6. The van der Waals surface area contributed by atoms with Crippen LogP contribution in [0.15, 0.2) is 82.7 Å². The van der Waals surface area contributed by atoms with Crippen LogP contribution in [0.25, 0.3) is 0 Å². The second-order valence-electron chi connectivity index (χ2n) is 6.66. The van der Waals surface area contributed by atoms with E-state index < -0.39 is 5.60 Å². The molecular weight excluding hydrogens is 314 g/mol. The summed E-state index contributed by atoms with van der Waals surface area (Å²) in [5.74, 6) is 1.12. The number of ether oxygens (including phenoxy) is 1. The predicted octanol–water partition coefficient (Wildman–Crippen LogP) is 3.88. The van der Waals surface area contributed by atoms with Gasteiger partial charge in [-0.2, -0.15) is 0 Å². The van der Waals surface area contributed by atoms with Crippen molar-refractivity contribution < 1.29 is 13.9 Å². The molecule has 4 heteroatoms. The third kappa shape index (κ3) is 2.18. The van der Waals surface area contributed by atoms with Gasteiger partial charge in [-0.3, -0.25) is 4.79 Å². The molecule has 1 aromatic carbocycles. The predicted molar refractivity (Wildman–Crippen MR) is 93.2 cm³/mol. The van der Waals surface area contributed by atoms with Gasteiger partial charge in [-0.15, -0.1) is 0 Å². The van der Waals surface area contributed by atoms with Crippen molar-refractivity contribution in [3.05, 3.63) is 89.6 Å². The van der Waals surface area contributed by atoms with Gasteiger partial charge in [0.05, 0.1) is 12.8 Å². The van der Waals surface area contributed by atoms with Crippen LogP contribution in [0.5, 0.6) is 5.75 Å². The molecule has 1 amide bonds. The molecule has 4 nitrogen and oxygen atoms in total. The number of allylic oxidation sites excluding steroid dienone is 3. The topological polar surface area (TPSA) is 42.7 Å². The number of benzene rings is 1. The van der Waals surface area contributed by atoms with Crippen molar-refractivity contribution in [1.82, 2.24) is 4.90 Å². The Labute approximate surface area is 145 Å². The van der Waals surface area contributed by atoms with Crippen LogP contribution in [0.2, 0.25) is 0 Å². The highest BCUT2D eigenvalue weighted by Crippen LogP contribution is 2.45. The van der Waals surface area contributed by atoms with E-state index in [1.165, 1.54) is 17.4 Å². The number of carbonyl (C=O) groups excluding carboxylic acids is 1. The molecule has 1 aliphatic carbocycles. The third-order valence-electron chi connectivity index (χ3n) is 5.06. The van der Waals surface area contributed by atoms with Crippen LogP contribution in [0, 0.1) is 0 Å². The molecule has 0 saturated heterocycles. The minimum Gasteiger partial charge on any atom is -0.480 e. The van der Waals surface area contributed by atoms with Crippen LogP contribution < -0.4 is 4.74 Å². The van der Waals surface area contributed by atoms with Crippen molar-refractivity contribution in [2.24, 2.45) is 0 Å². The highest BCUT2D eigenvalue weighted by Gasteiger charge is 2.48. The molecule has 5 rings (SSSR count). The molecule has 0 saturated carbocycles. The van der Waals surface area contributed by atoms with E-state index in [0.717, 1.165) is 24.2 Å². The van der Waals surface area contributed by atoms with Gasteiger partial charge in [-0.25, -0.2) is 0 Å². The van der Waals surface area contributed by atoms with E-state index in [1.54, 1.807) is 17.0 Å². The lowest BCUT2D eigenvalue weighted by Crippen LogP contribution is -2.51. The van der Waals surface area contributed by atoms with E-state index in [4.69, 9.17) is 9.15 Å². The van der Waals surface area contributed by atoms with E-state index in [1.807, 2.05) is 24.4 Å². The lowest BCUT2D eigenvalue weighted by molar-refractivity contribution is 0.0577. The molecule has 1 spiro atoms. The summed E-state index contributed by atoms with van der Waals surface area (Å²) < 4.78 is 11.7. The van der Waals surface area contributed by atoms with Crippen molar-refractivity contribution in [2.75, 3.05) is 6.54 Å². The first-order valence-electron chi connectivity index (χ1n) is 8.45. The lowest BCUT2D eigenvalue weighted by atomic mass is 9.79. The summed E-state index contributed by atoms with van der Waals surface area (Å²) in [6.07, 6.45) is 11.3. The fraction of sp³-hybridized carbons (Fsp3) is 0.190. The summed E-state index contributed by atoms with van der Waals surface area (Å²) >= 11 is 0. The number of hydrogen-bond acceptors (Lipinski definition) is 3. The number of hydrogen-bond donors (Lipinski definition) is 0. The molecule has 0 N–H and O–H groups in total. The summed E-state index contributed by atoms with van der Waals surface area (Å²) in [6, 6.07) is 11.5. The van der Waals surface area contributed by atoms with Crippen LogP contribution in [-0.4, -0.2) is 23.0 Å². The molecule has 3 heterocycles. The Hall–Kier alpha value is -3.01. The maximum absolute atomic E-state index is 12.8. The third-order valence-corrected chi connectivity index (χ3v) is 5.06. The summed E-state index contributed by atoms with van der Waals surface area (Å²) in [7, 11) is 0. The molecule has 1 atom stereocenters. The zero-order chi connectivity index (χ0) is 16.9. The maximum atomic E-state index is 12.8. The van der Waals surface area contributed by atoms with Gasteiger partial charge in [-0.1, -0.05) is 36.4 Å².